The van der Waals surface area contributed by atoms with Crippen LogP contribution in [-0.4, -0.2) is 35.0 Å². The van der Waals surface area contributed by atoms with Gasteiger partial charge in [0.25, 0.3) is 0 Å². The summed E-state index contributed by atoms with van der Waals surface area (Å²) in [6.07, 6.45) is 8.36. The summed E-state index contributed by atoms with van der Waals surface area (Å²) < 4.78 is 0. The van der Waals surface area contributed by atoms with Gasteiger partial charge in [-0.2, -0.15) is 0 Å². The van der Waals surface area contributed by atoms with Gasteiger partial charge in [-0.15, -0.1) is 0 Å². The van der Waals surface area contributed by atoms with Crippen LogP contribution in [-0.2, 0) is 9.59 Å². The van der Waals surface area contributed by atoms with Crippen molar-refractivity contribution in [3.8, 4) is 0 Å². The molecule has 1 N–H and O–H groups in total. The Kier molecular flexibility index (Phi) is 3.82. The van der Waals surface area contributed by atoms with Crippen molar-refractivity contribution < 1.29 is 14.7 Å². The average molecular weight is 237 g/mol. The number of likely N-dealkylation sites (tertiary alicyclic amines) is 1. The molecule has 4 heteroatoms. The summed E-state index contributed by atoms with van der Waals surface area (Å²) >= 11 is 0. The highest BCUT2D eigenvalue weighted by Gasteiger charge is 2.31. The fourth-order valence-corrected chi connectivity index (χ4v) is 2.65. The van der Waals surface area contributed by atoms with E-state index in [4.69, 9.17) is 5.11 Å². The number of carbonyl (C=O) groups excluding carboxylic acids is 1. The molecule has 0 bridgehead atoms. The Morgan fingerprint density at radius 2 is 2.00 bits per heavy atom. The number of carboxylic acids is 1. The Morgan fingerprint density at radius 1 is 1.18 bits per heavy atom. The number of carbonyl (C=O) groups is 2. The second-order valence-corrected chi connectivity index (χ2v) is 4.94. The molecule has 0 unspecified atom stereocenters. The van der Waals surface area contributed by atoms with E-state index in [1.165, 1.54) is 0 Å². The van der Waals surface area contributed by atoms with Crippen molar-refractivity contribution >= 4 is 11.9 Å². The maximum atomic E-state index is 12.2. The second-order valence-electron chi connectivity index (χ2n) is 4.94. The molecule has 2 atom stereocenters. The summed E-state index contributed by atoms with van der Waals surface area (Å²) in [7, 11) is 0. The molecular formula is C13H19NO3. The largest absolute Gasteiger partial charge is 0.481 e. The average Bonchev–Trinajstić information content (AvgIpc) is 2.39. The van der Waals surface area contributed by atoms with Gasteiger partial charge in [0.1, 0.15) is 0 Å². The third-order valence-corrected chi connectivity index (χ3v) is 3.70. The van der Waals surface area contributed by atoms with Crippen LogP contribution in [0, 0.1) is 11.8 Å². The molecule has 1 heterocycles. The Morgan fingerprint density at radius 3 is 2.65 bits per heavy atom. The van der Waals surface area contributed by atoms with Crippen LogP contribution in [0.4, 0.5) is 0 Å². The fraction of sp³-hybridized carbons (Fsp3) is 0.692. The quantitative estimate of drug-likeness (QED) is 0.743. The number of aliphatic carboxylic acids is 1. The van der Waals surface area contributed by atoms with Gasteiger partial charge in [-0.25, -0.2) is 0 Å². The Hall–Kier alpha value is -1.32. The van der Waals surface area contributed by atoms with Crippen LogP contribution in [0.5, 0.6) is 0 Å². The van der Waals surface area contributed by atoms with E-state index in [0.29, 0.717) is 13.0 Å². The molecule has 2 rings (SSSR count). The van der Waals surface area contributed by atoms with Crippen LogP contribution in [0.3, 0.4) is 0 Å². The SMILES string of the molecule is O=C(O)[C@@H]1CCCN(C(=O)[C@@H]2CC=CCC2)C1. The summed E-state index contributed by atoms with van der Waals surface area (Å²) in [5.74, 6) is -0.911. The maximum absolute atomic E-state index is 12.2. The van der Waals surface area contributed by atoms with Gasteiger partial charge in [0, 0.05) is 19.0 Å². The molecule has 1 amide bonds. The van der Waals surface area contributed by atoms with Gasteiger partial charge < -0.3 is 10.0 Å². The number of nitrogens with zero attached hydrogens (tertiary/aromatic N) is 1. The zero-order chi connectivity index (χ0) is 12.3. The zero-order valence-corrected chi connectivity index (χ0v) is 9.97. The molecule has 0 saturated carbocycles. The first kappa shape index (κ1) is 12.1. The fourth-order valence-electron chi connectivity index (χ4n) is 2.65. The monoisotopic (exact) mass is 237 g/mol. The minimum absolute atomic E-state index is 0.0764. The molecule has 1 aliphatic heterocycles. The molecule has 94 valence electrons. The smallest absolute Gasteiger partial charge is 0.308 e. The lowest BCUT2D eigenvalue weighted by molar-refractivity contribution is -0.146. The number of amides is 1. The predicted octanol–water partition coefficient (Wildman–Crippen LogP) is 1.67. The van der Waals surface area contributed by atoms with Crippen molar-refractivity contribution in [3.05, 3.63) is 12.2 Å². The first-order chi connectivity index (χ1) is 8.18. The molecule has 1 aliphatic carbocycles. The molecule has 0 spiro atoms. The van der Waals surface area contributed by atoms with Crippen molar-refractivity contribution in [2.24, 2.45) is 11.8 Å². The summed E-state index contributed by atoms with van der Waals surface area (Å²) in [4.78, 5) is 24.9. The molecule has 0 radical (unpaired) electrons. The lowest BCUT2D eigenvalue weighted by atomic mass is 9.91. The van der Waals surface area contributed by atoms with Gasteiger partial charge in [0.15, 0.2) is 0 Å². The minimum Gasteiger partial charge on any atom is -0.481 e. The third kappa shape index (κ3) is 2.87. The second kappa shape index (κ2) is 5.34. The van der Waals surface area contributed by atoms with Crippen molar-refractivity contribution in [1.29, 1.82) is 0 Å². The van der Waals surface area contributed by atoms with Gasteiger partial charge in [0.05, 0.1) is 5.92 Å². The van der Waals surface area contributed by atoms with Gasteiger partial charge in [0.2, 0.25) is 5.91 Å². The number of rotatable bonds is 2. The number of hydrogen-bond donors (Lipinski definition) is 1. The van der Waals surface area contributed by atoms with Crippen LogP contribution in [0.2, 0.25) is 0 Å². The maximum Gasteiger partial charge on any atom is 0.308 e. The Bertz CT molecular complexity index is 338. The van der Waals surface area contributed by atoms with E-state index >= 15 is 0 Å². The van der Waals surface area contributed by atoms with Gasteiger partial charge in [-0.05, 0) is 32.1 Å². The van der Waals surface area contributed by atoms with E-state index in [0.717, 1.165) is 32.2 Å². The Balaban J connectivity index is 1.94. The van der Waals surface area contributed by atoms with Crippen LogP contribution in [0.1, 0.15) is 32.1 Å². The highest BCUT2D eigenvalue weighted by atomic mass is 16.4. The lowest BCUT2D eigenvalue weighted by Gasteiger charge is -2.33. The van der Waals surface area contributed by atoms with E-state index in [1.54, 1.807) is 4.90 Å². The molecule has 1 saturated heterocycles. The Labute approximate surface area is 101 Å². The first-order valence-corrected chi connectivity index (χ1v) is 6.35. The van der Waals surface area contributed by atoms with Crippen molar-refractivity contribution in [2.45, 2.75) is 32.1 Å². The molecule has 0 aromatic carbocycles. The molecule has 2 aliphatic rings. The molecule has 4 nitrogen and oxygen atoms in total. The summed E-state index contributed by atoms with van der Waals surface area (Å²) in [6, 6.07) is 0. The number of hydrogen-bond acceptors (Lipinski definition) is 2. The van der Waals surface area contributed by atoms with Crippen molar-refractivity contribution in [2.75, 3.05) is 13.1 Å². The minimum atomic E-state index is -0.772. The van der Waals surface area contributed by atoms with Gasteiger partial charge >= 0.3 is 5.97 Å². The topological polar surface area (TPSA) is 57.6 Å². The van der Waals surface area contributed by atoms with E-state index < -0.39 is 5.97 Å². The summed E-state index contributed by atoms with van der Waals surface area (Å²) in [6.45, 7) is 1.12. The van der Waals surface area contributed by atoms with Crippen molar-refractivity contribution in [1.82, 2.24) is 4.90 Å². The van der Waals surface area contributed by atoms with E-state index in [1.807, 2.05) is 0 Å². The lowest BCUT2D eigenvalue weighted by Crippen LogP contribution is -2.45. The molecule has 0 aromatic heterocycles. The first-order valence-electron chi connectivity index (χ1n) is 6.35. The van der Waals surface area contributed by atoms with Crippen LogP contribution in [0.25, 0.3) is 0 Å². The number of carboxylic acid groups (broad SMARTS) is 1. The van der Waals surface area contributed by atoms with Crippen LogP contribution < -0.4 is 0 Å². The summed E-state index contributed by atoms with van der Waals surface area (Å²) in [5.41, 5.74) is 0. The predicted molar refractivity (Wildman–Crippen MR) is 63.4 cm³/mol. The van der Waals surface area contributed by atoms with Gasteiger partial charge in [-0.1, -0.05) is 12.2 Å². The molecule has 1 fully saturated rings. The van der Waals surface area contributed by atoms with Crippen molar-refractivity contribution in [3.63, 3.8) is 0 Å². The third-order valence-electron chi connectivity index (χ3n) is 3.70. The van der Waals surface area contributed by atoms with E-state index in [2.05, 4.69) is 12.2 Å². The number of allylic oxidation sites excluding steroid dienone is 2. The molecule has 0 aromatic rings. The number of piperidine rings is 1. The van der Waals surface area contributed by atoms with E-state index in [-0.39, 0.29) is 17.7 Å². The zero-order valence-electron chi connectivity index (χ0n) is 9.97. The molecular weight excluding hydrogens is 218 g/mol. The standard InChI is InChI=1S/C13H19NO3/c15-12(10-5-2-1-3-6-10)14-8-4-7-11(9-14)13(16)17/h1-2,10-11H,3-9H2,(H,16,17)/t10-,11-/m1/s1. The normalized spacial score (nSPS) is 29.1. The van der Waals surface area contributed by atoms with Crippen LogP contribution >= 0.6 is 0 Å². The summed E-state index contributed by atoms with van der Waals surface area (Å²) in [5, 5.41) is 9.00. The highest BCUT2D eigenvalue weighted by Crippen LogP contribution is 2.24. The highest BCUT2D eigenvalue weighted by molar-refractivity contribution is 5.80. The van der Waals surface area contributed by atoms with Gasteiger partial charge in [-0.3, -0.25) is 9.59 Å². The molecule has 17 heavy (non-hydrogen) atoms. The van der Waals surface area contributed by atoms with Crippen LogP contribution in [0.15, 0.2) is 12.2 Å². The van der Waals surface area contributed by atoms with E-state index in [9.17, 15) is 9.59 Å².